The van der Waals surface area contributed by atoms with Crippen LogP contribution in [0.25, 0.3) is 11.4 Å². The number of aromatic amines is 1. The molecule has 0 spiro atoms. The van der Waals surface area contributed by atoms with Crippen LogP contribution in [-0.4, -0.2) is 33.7 Å². The molecule has 3 N–H and O–H groups in total. The molecule has 110 valence electrons. The Bertz CT molecular complexity index is 630. The van der Waals surface area contributed by atoms with Crippen LogP contribution in [0.4, 0.5) is 5.69 Å². The molecule has 0 bridgehead atoms. The average molecular weight is 285 g/mol. The Morgan fingerprint density at radius 3 is 3.00 bits per heavy atom. The van der Waals surface area contributed by atoms with E-state index < -0.39 is 0 Å². The molecule has 1 fully saturated rings. The van der Waals surface area contributed by atoms with E-state index >= 15 is 0 Å². The molecule has 1 aromatic carbocycles. The molecule has 1 aliphatic heterocycles. The van der Waals surface area contributed by atoms with Gasteiger partial charge in [-0.05, 0) is 38.4 Å². The summed E-state index contributed by atoms with van der Waals surface area (Å²) in [6.07, 6.45) is 2.71. The normalized spacial score (nSPS) is 17.9. The maximum atomic E-state index is 12.2. The number of nitrogens with one attached hydrogen (secondary N) is 3. The minimum absolute atomic E-state index is 0.0223. The van der Waals surface area contributed by atoms with Crippen LogP contribution >= 0.6 is 0 Å². The summed E-state index contributed by atoms with van der Waals surface area (Å²) in [4.78, 5) is 16.5. The van der Waals surface area contributed by atoms with E-state index in [0.29, 0.717) is 18.3 Å². The van der Waals surface area contributed by atoms with Crippen molar-refractivity contribution in [3.05, 3.63) is 30.1 Å². The lowest BCUT2D eigenvalue weighted by molar-refractivity contribution is -0.116. The molecule has 3 rings (SSSR count). The van der Waals surface area contributed by atoms with Crippen molar-refractivity contribution >= 4 is 11.6 Å². The van der Waals surface area contributed by atoms with Crippen LogP contribution in [0.2, 0.25) is 0 Å². The number of benzene rings is 1. The summed E-state index contributed by atoms with van der Waals surface area (Å²) in [5, 5.41) is 13.3. The van der Waals surface area contributed by atoms with Crippen LogP contribution in [0.1, 0.15) is 25.1 Å². The number of hydrogen-bond acceptors (Lipinski definition) is 4. The summed E-state index contributed by atoms with van der Waals surface area (Å²) in [6, 6.07) is 7.89. The topological polar surface area (TPSA) is 82.7 Å². The largest absolute Gasteiger partial charge is 0.325 e. The van der Waals surface area contributed by atoms with Gasteiger partial charge in [0.25, 0.3) is 0 Å². The third-order valence-corrected chi connectivity index (χ3v) is 3.63. The fraction of sp³-hybridized carbons (Fsp3) is 0.400. The molecule has 1 atom stereocenters. The zero-order valence-corrected chi connectivity index (χ0v) is 12.0. The van der Waals surface area contributed by atoms with E-state index in [-0.39, 0.29) is 5.91 Å². The minimum atomic E-state index is 0.0223. The molecule has 1 amide bonds. The molecule has 1 aromatic heterocycles. The number of anilines is 1. The average Bonchev–Trinajstić information content (AvgIpc) is 3.11. The molecular formula is C15H19N5O. The highest BCUT2D eigenvalue weighted by Crippen LogP contribution is 2.25. The Balaban J connectivity index is 1.74. The summed E-state index contributed by atoms with van der Waals surface area (Å²) in [5.74, 6) is 1.37. The number of aryl methyl sites for hydroxylation is 1. The first-order valence-electron chi connectivity index (χ1n) is 7.24. The summed E-state index contributed by atoms with van der Waals surface area (Å²) < 4.78 is 0. The number of hydrogen-bond donors (Lipinski definition) is 3. The molecule has 6 heteroatoms. The number of aromatic nitrogens is 3. The van der Waals surface area contributed by atoms with Crippen molar-refractivity contribution in [3.8, 4) is 11.4 Å². The third kappa shape index (κ3) is 3.28. The zero-order valence-electron chi connectivity index (χ0n) is 12.0. The molecule has 21 heavy (non-hydrogen) atoms. The van der Waals surface area contributed by atoms with Gasteiger partial charge in [-0.15, -0.1) is 0 Å². The van der Waals surface area contributed by atoms with Gasteiger partial charge in [-0.2, -0.15) is 5.10 Å². The zero-order chi connectivity index (χ0) is 14.7. The van der Waals surface area contributed by atoms with Crippen LogP contribution in [0, 0.1) is 6.92 Å². The quantitative estimate of drug-likeness (QED) is 0.800. The first-order chi connectivity index (χ1) is 10.2. The van der Waals surface area contributed by atoms with E-state index in [9.17, 15) is 4.79 Å². The second kappa shape index (κ2) is 6.05. The molecular weight excluding hydrogens is 266 g/mol. The van der Waals surface area contributed by atoms with Gasteiger partial charge in [0.05, 0.1) is 5.69 Å². The second-order valence-corrected chi connectivity index (χ2v) is 5.34. The number of para-hydroxylation sites is 1. The van der Waals surface area contributed by atoms with Gasteiger partial charge < -0.3 is 10.6 Å². The standard InChI is InChI=1S/C15H19N5O/c1-10-17-15(20-19-10)12-6-2-3-7-13(12)18-14(21)9-11-5-4-8-16-11/h2-3,6-7,11,16H,4-5,8-9H2,1H3,(H,18,21)(H,17,19,20). The van der Waals surface area contributed by atoms with E-state index in [1.165, 1.54) is 0 Å². The molecule has 1 saturated heterocycles. The molecule has 2 heterocycles. The van der Waals surface area contributed by atoms with Crippen molar-refractivity contribution in [2.24, 2.45) is 0 Å². The molecule has 1 unspecified atom stereocenters. The van der Waals surface area contributed by atoms with Gasteiger partial charge in [0.2, 0.25) is 5.91 Å². The third-order valence-electron chi connectivity index (χ3n) is 3.63. The summed E-state index contributed by atoms with van der Waals surface area (Å²) >= 11 is 0. The number of carbonyl (C=O) groups excluding carboxylic acids is 1. The molecule has 6 nitrogen and oxygen atoms in total. The monoisotopic (exact) mass is 285 g/mol. The lowest BCUT2D eigenvalue weighted by Crippen LogP contribution is -2.27. The summed E-state index contributed by atoms with van der Waals surface area (Å²) in [5.41, 5.74) is 1.58. The predicted octanol–water partition coefficient (Wildman–Crippen LogP) is 1.86. The van der Waals surface area contributed by atoms with E-state index in [4.69, 9.17) is 0 Å². The lowest BCUT2D eigenvalue weighted by Gasteiger charge is -2.12. The summed E-state index contributed by atoms with van der Waals surface area (Å²) in [7, 11) is 0. The van der Waals surface area contributed by atoms with Crippen molar-refractivity contribution in [1.29, 1.82) is 0 Å². The Labute approximate surface area is 123 Å². The second-order valence-electron chi connectivity index (χ2n) is 5.34. The van der Waals surface area contributed by atoms with Gasteiger partial charge in [0, 0.05) is 18.0 Å². The van der Waals surface area contributed by atoms with Gasteiger partial charge in [0.15, 0.2) is 5.82 Å². The molecule has 0 aliphatic carbocycles. The van der Waals surface area contributed by atoms with E-state index in [1.54, 1.807) is 0 Å². The number of carbonyl (C=O) groups is 1. The van der Waals surface area contributed by atoms with Gasteiger partial charge in [0.1, 0.15) is 5.82 Å². The van der Waals surface area contributed by atoms with Crippen LogP contribution in [0.3, 0.4) is 0 Å². The fourth-order valence-electron chi connectivity index (χ4n) is 2.61. The van der Waals surface area contributed by atoms with Gasteiger partial charge >= 0.3 is 0 Å². The predicted molar refractivity (Wildman–Crippen MR) is 80.8 cm³/mol. The summed E-state index contributed by atoms with van der Waals surface area (Å²) in [6.45, 7) is 2.86. The maximum absolute atomic E-state index is 12.2. The van der Waals surface area contributed by atoms with Gasteiger partial charge in [-0.25, -0.2) is 4.98 Å². The van der Waals surface area contributed by atoms with Crippen molar-refractivity contribution in [2.75, 3.05) is 11.9 Å². The highest BCUT2D eigenvalue weighted by atomic mass is 16.1. The van der Waals surface area contributed by atoms with Crippen LogP contribution in [-0.2, 0) is 4.79 Å². The minimum Gasteiger partial charge on any atom is -0.325 e. The lowest BCUT2D eigenvalue weighted by atomic mass is 10.1. The highest BCUT2D eigenvalue weighted by molar-refractivity contribution is 5.95. The van der Waals surface area contributed by atoms with E-state index in [2.05, 4.69) is 25.8 Å². The Morgan fingerprint density at radius 2 is 2.29 bits per heavy atom. The Kier molecular flexibility index (Phi) is 3.96. The molecule has 0 radical (unpaired) electrons. The van der Waals surface area contributed by atoms with Crippen molar-refractivity contribution in [2.45, 2.75) is 32.2 Å². The van der Waals surface area contributed by atoms with Gasteiger partial charge in [-0.1, -0.05) is 12.1 Å². The number of H-pyrrole nitrogens is 1. The van der Waals surface area contributed by atoms with Gasteiger partial charge in [-0.3, -0.25) is 9.89 Å². The molecule has 1 aliphatic rings. The van der Waals surface area contributed by atoms with Crippen molar-refractivity contribution in [3.63, 3.8) is 0 Å². The van der Waals surface area contributed by atoms with Crippen LogP contribution < -0.4 is 10.6 Å². The number of rotatable bonds is 4. The van der Waals surface area contributed by atoms with Crippen molar-refractivity contribution in [1.82, 2.24) is 20.5 Å². The van der Waals surface area contributed by atoms with Crippen molar-refractivity contribution < 1.29 is 4.79 Å². The van der Waals surface area contributed by atoms with Crippen LogP contribution in [0.15, 0.2) is 24.3 Å². The Morgan fingerprint density at radius 1 is 1.43 bits per heavy atom. The number of amides is 1. The molecule has 0 saturated carbocycles. The van der Waals surface area contributed by atoms with E-state index in [0.717, 1.165) is 36.5 Å². The molecule has 2 aromatic rings. The SMILES string of the molecule is Cc1nc(-c2ccccc2NC(=O)CC2CCCN2)n[nH]1. The number of nitrogens with zero attached hydrogens (tertiary/aromatic N) is 2. The highest BCUT2D eigenvalue weighted by Gasteiger charge is 2.18. The first-order valence-corrected chi connectivity index (χ1v) is 7.24. The Hall–Kier alpha value is -2.21. The van der Waals surface area contributed by atoms with Crippen LogP contribution in [0.5, 0.6) is 0 Å². The van der Waals surface area contributed by atoms with E-state index in [1.807, 2.05) is 31.2 Å². The first kappa shape index (κ1) is 13.8. The fourth-order valence-corrected chi connectivity index (χ4v) is 2.61. The smallest absolute Gasteiger partial charge is 0.225 e. The maximum Gasteiger partial charge on any atom is 0.225 e.